The summed E-state index contributed by atoms with van der Waals surface area (Å²) in [7, 11) is 5.92. The molecule has 3 aliphatic rings. The van der Waals surface area contributed by atoms with E-state index >= 15 is 0 Å². The molecule has 2 N–H and O–H groups in total. The van der Waals surface area contributed by atoms with Crippen LogP contribution in [-0.4, -0.2) is 65.6 Å². The maximum atomic E-state index is 14.4. The van der Waals surface area contributed by atoms with E-state index in [0.29, 0.717) is 68.1 Å². The summed E-state index contributed by atoms with van der Waals surface area (Å²) in [6.45, 7) is 18.7. The first kappa shape index (κ1) is 43.8. The van der Waals surface area contributed by atoms with Crippen molar-refractivity contribution < 1.29 is 33.9 Å². The minimum absolute atomic E-state index is 0. The summed E-state index contributed by atoms with van der Waals surface area (Å²) >= 11 is 0. The predicted octanol–water partition coefficient (Wildman–Crippen LogP) is 2.85. The second-order valence-electron chi connectivity index (χ2n) is 15.9. The molecular weight excluding hydrogens is 729 g/mol. The first-order valence-electron chi connectivity index (χ1n) is 19.8. The van der Waals surface area contributed by atoms with Crippen LogP contribution < -0.4 is 41.1 Å². The smallest absolute Gasteiger partial charge is 0.657 e. The SMILES string of the molecule is C=Cc1c2[n-]c(c1C)/C=C1\[C@@H](C)[C@H](CCC(=O)OC/C=C(\C)CCCC(C)C)C(C3=c4[n-]/c(c(C)c4C(=O)[C@@H]3C(=O)OC)=C\c3[n-]c(/c(=C/O)c3CC)=C\2)[NH+]1[CH2-].[Mg+2]. The Hall–Kier alpha value is -4.32. The van der Waals surface area contributed by atoms with Crippen molar-refractivity contribution in [1.29, 1.82) is 0 Å². The molecule has 0 radical (unpaired) electrons. The average molecular weight is 784 g/mol. The van der Waals surface area contributed by atoms with Gasteiger partial charge in [0.1, 0.15) is 12.5 Å². The number of carbonyl (C=O) groups excluding carboxylic acids is 3. The van der Waals surface area contributed by atoms with E-state index in [1.807, 2.05) is 45.1 Å². The van der Waals surface area contributed by atoms with Gasteiger partial charge in [-0.15, -0.1) is 40.2 Å². The molecule has 0 amide bonds. The molecule has 11 heteroatoms. The molecule has 0 aromatic carbocycles. The number of hydrogen-bond acceptors (Lipinski definition) is 6. The van der Waals surface area contributed by atoms with Gasteiger partial charge in [0.2, 0.25) is 0 Å². The number of aromatic nitrogens is 3. The zero-order valence-corrected chi connectivity index (χ0v) is 36.2. The van der Waals surface area contributed by atoms with Gasteiger partial charge in [0.05, 0.1) is 25.1 Å². The van der Waals surface area contributed by atoms with Gasteiger partial charge in [-0.3, -0.25) is 14.4 Å². The first-order chi connectivity index (χ1) is 26.8. The Morgan fingerprint density at radius 1 is 1.05 bits per heavy atom. The van der Waals surface area contributed by atoms with Crippen LogP contribution in [0.25, 0.3) is 36.1 Å². The van der Waals surface area contributed by atoms with Crippen LogP contribution in [0.15, 0.2) is 23.9 Å². The summed E-state index contributed by atoms with van der Waals surface area (Å²) in [5.41, 5.74) is 8.28. The molecule has 6 rings (SSSR count). The van der Waals surface area contributed by atoms with Crippen LogP contribution in [0.4, 0.5) is 0 Å². The Labute approximate surface area is 351 Å². The number of Topliss-reactive ketones (excluding diaryl/α,β-unsaturated/α-hetero) is 1. The number of aliphatic hydroxyl groups is 1. The van der Waals surface area contributed by atoms with Crippen molar-refractivity contribution in [3.63, 3.8) is 0 Å². The molecule has 0 spiro atoms. The predicted molar refractivity (Wildman–Crippen MR) is 223 cm³/mol. The van der Waals surface area contributed by atoms with Gasteiger partial charge in [-0.25, -0.2) is 0 Å². The van der Waals surface area contributed by atoms with Gasteiger partial charge in [-0.05, 0) is 80.9 Å². The van der Waals surface area contributed by atoms with Crippen LogP contribution in [0, 0.1) is 44.6 Å². The fourth-order valence-corrected chi connectivity index (χ4v) is 8.96. The number of hydrogen-bond donors (Lipinski definition) is 2. The topological polar surface area (TPSA) is 137 Å². The van der Waals surface area contributed by atoms with Gasteiger partial charge in [0.25, 0.3) is 0 Å². The normalized spacial score (nSPS) is 23.7. The summed E-state index contributed by atoms with van der Waals surface area (Å²) in [5.74, 6) is -2.23. The number of ketones is 1. The van der Waals surface area contributed by atoms with Gasteiger partial charge >= 0.3 is 35.0 Å². The third kappa shape index (κ3) is 8.20. The quantitative estimate of drug-likeness (QED) is 0.0935. The molecule has 2 aliphatic heterocycles. The molecular formula is C46H55MgN4O6-. The number of quaternary nitrogens is 1. The largest absolute Gasteiger partial charge is 2.00 e. The summed E-state index contributed by atoms with van der Waals surface area (Å²) in [6.07, 6.45) is 15.0. The molecule has 0 saturated carbocycles. The Kier molecular flexibility index (Phi) is 13.9. The van der Waals surface area contributed by atoms with E-state index in [1.54, 1.807) is 6.08 Å². The molecule has 3 aromatic rings. The molecule has 1 aliphatic carbocycles. The van der Waals surface area contributed by atoms with Gasteiger partial charge in [0, 0.05) is 23.8 Å². The summed E-state index contributed by atoms with van der Waals surface area (Å²) in [5, 5.41) is 12.6. The number of rotatable bonds is 12. The number of fused-ring (bicyclic) bond motifs is 8. The van der Waals surface area contributed by atoms with Crippen LogP contribution in [-0.2, 0) is 25.5 Å². The Balaban J connectivity index is 0.00000620. The van der Waals surface area contributed by atoms with Crippen molar-refractivity contribution in [3.8, 4) is 0 Å². The Bertz CT molecular complexity index is 2390. The second-order valence-corrected chi connectivity index (χ2v) is 15.9. The van der Waals surface area contributed by atoms with E-state index in [1.165, 1.54) is 12.7 Å². The van der Waals surface area contributed by atoms with E-state index in [-0.39, 0.29) is 59.7 Å². The second kappa shape index (κ2) is 18.1. The van der Waals surface area contributed by atoms with Gasteiger partial charge in [-0.2, -0.15) is 0 Å². The van der Waals surface area contributed by atoms with Crippen LogP contribution in [0.3, 0.4) is 0 Å². The van der Waals surface area contributed by atoms with Crippen LogP contribution in [0.5, 0.6) is 0 Å². The number of aliphatic hydroxyl groups excluding tert-OH is 1. The number of allylic oxidation sites excluding steroid dienone is 2. The maximum Gasteiger partial charge on any atom is 2.00 e. The van der Waals surface area contributed by atoms with Crippen LogP contribution >= 0.6 is 0 Å². The van der Waals surface area contributed by atoms with Crippen molar-refractivity contribution in [2.75, 3.05) is 13.7 Å². The number of nitrogens with zero attached hydrogens (tertiary/aromatic N) is 3. The molecule has 8 bridgehead atoms. The standard InChI is InChI=1S/C46H55N4O6.Mg/c1-11-29-26(6)34-22-38-27(7)31(16-17-39(52)56-19-18-25(5)15-13-14-24(3)4)44(50(38)9)41-42(46(54)55-10)45(53)40-28(8)33(49-43(40)41)20-36-30(12-2)32(23-51)37(48-36)21-35(29)47-34;/h11,18,20-24,27,31,42,44,50H,1,9,12-17,19H2,2-8,10H3,(H,51,53);/q-3;+2/b25-18+,37-21-,38-22+;/t27-,31-,42+,44?;/m0./s1. The molecule has 10 nitrogen and oxygen atoms in total. The summed E-state index contributed by atoms with van der Waals surface area (Å²) in [4.78, 5) is 57.1. The summed E-state index contributed by atoms with van der Waals surface area (Å²) < 4.78 is 11.0. The molecule has 298 valence electrons. The zero-order valence-electron chi connectivity index (χ0n) is 34.8. The fraction of sp³-hybridized carbons (Fsp3) is 0.435. The van der Waals surface area contributed by atoms with E-state index in [9.17, 15) is 19.5 Å². The molecule has 5 heterocycles. The van der Waals surface area contributed by atoms with Crippen LogP contribution in [0.1, 0.15) is 116 Å². The monoisotopic (exact) mass is 783 g/mol. The van der Waals surface area contributed by atoms with Crippen molar-refractivity contribution in [3.05, 3.63) is 97.1 Å². The average Bonchev–Trinajstić information content (AvgIpc) is 3.89. The number of methoxy groups -OCH3 is 1. The number of esters is 2. The van der Waals surface area contributed by atoms with Crippen LogP contribution in [0.2, 0.25) is 0 Å². The fourth-order valence-electron chi connectivity index (χ4n) is 8.96. The number of ether oxygens (including phenoxy) is 2. The minimum Gasteiger partial charge on any atom is -0.657 e. The third-order valence-corrected chi connectivity index (χ3v) is 12.1. The number of carbonyl (C=O) groups is 3. The first-order valence-corrected chi connectivity index (χ1v) is 19.8. The maximum absolute atomic E-state index is 14.4. The minimum atomic E-state index is -1.20. The van der Waals surface area contributed by atoms with Crippen molar-refractivity contribution in [1.82, 2.24) is 15.0 Å². The zero-order chi connectivity index (χ0) is 40.6. The van der Waals surface area contributed by atoms with Gasteiger partial charge in [0.15, 0.2) is 5.78 Å². The van der Waals surface area contributed by atoms with Crippen molar-refractivity contribution >= 4 is 76.9 Å². The van der Waals surface area contributed by atoms with Crippen molar-refractivity contribution in [2.45, 2.75) is 93.0 Å². The molecule has 57 heavy (non-hydrogen) atoms. The van der Waals surface area contributed by atoms with Gasteiger partial charge < -0.3 is 34.4 Å². The van der Waals surface area contributed by atoms with E-state index in [4.69, 9.17) is 24.4 Å². The molecule has 5 atom stereocenters. The Morgan fingerprint density at radius 3 is 2.42 bits per heavy atom. The summed E-state index contributed by atoms with van der Waals surface area (Å²) in [6, 6.07) is -0.498. The van der Waals surface area contributed by atoms with Crippen molar-refractivity contribution in [2.24, 2.45) is 23.7 Å². The molecule has 1 saturated heterocycles. The van der Waals surface area contributed by atoms with E-state index in [0.717, 1.165) is 58.5 Å². The Morgan fingerprint density at radius 2 is 1.77 bits per heavy atom. The van der Waals surface area contributed by atoms with Gasteiger partial charge in [-0.1, -0.05) is 81.2 Å². The molecule has 3 aromatic heterocycles. The molecule has 2 unspecified atom stereocenters. The number of nitrogens with one attached hydrogen (secondary N) is 1. The van der Waals surface area contributed by atoms with E-state index < -0.39 is 17.9 Å². The molecule has 1 fully saturated rings. The van der Waals surface area contributed by atoms with E-state index in [2.05, 4.69) is 41.3 Å². The third-order valence-electron chi connectivity index (χ3n) is 12.1.